The van der Waals surface area contributed by atoms with Gasteiger partial charge in [-0.15, -0.1) is 0 Å². The van der Waals surface area contributed by atoms with Gasteiger partial charge in [0.2, 0.25) is 16.0 Å². The van der Waals surface area contributed by atoms with Gasteiger partial charge in [-0.05, 0) is 55.5 Å². The second-order valence-electron chi connectivity index (χ2n) is 10.1. The van der Waals surface area contributed by atoms with E-state index in [1.165, 1.54) is 31.4 Å². The molecular formula is C29H35FN6O2S. The molecule has 1 aliphatic rings. The van der Waals surface area contributed by atoms with Crippen LogP contribution in [0.1, 0.15) is 63.5 Å². The van der Waals surface area contributed by atoms with Crippen LogP contribution >= 0.6 is 0 Å². The van der Waals surface area contributed by atoms with Gasteiger partial charge in [0.05, 0.1) is 16.3 Å². The van der Waals surface area contributed by atoms with Crippen molar-refractivity contribution in [1.29, 1.82) is 0 Å². The lowest BCUT2D eigenvalue weighted by atomic mass is 9.96. The Morgan fingerprint density at radius 3 is 2.46 bits per heavy atom. The largest absolute Gasteiger partial charge is 0.354 e. The summed E-state index contributed by atoms with van der Waals surface area (Å²) in [5, 5.41) is 9.17. The van der Waals surface area contributed by atoms with Gasteiger partial charge in [0.1, 0.15) is 11.5 Å². The molecule has 0 spiro atoms. The van der Waals surface area contributed by atoms with Crippen LogP contribution in [0.4, 0.5) is 10.3 Å². The first-order chi connectivity index (χ1) is 18.9. The third-order valence-corrected chi connectivity index (χ3v) is 8.72. The summed E-state index contributed by atoms with van der Waals surface area (Å²) < 4.78 is 43.5. The Labute approximate surface area is 229 Å². The van der Waals surface area contributed by atoms with Crippen molar-refractivity contribution in [2.75, 3.05) is 18.4 Å². The highest BCUT2D eigenvalue weighted by molar-refractivity contribution is 7.89. The number of fused-ring (bicyclic) bond motifs is 1. The van der Waals surface area contributed by atoms with Crippen molar-refractivity contribution < 1.29 is 12.8 Å². The van der Waals surface area contributed by atoms with Crippen LogP contribution in [0.15, 0.2) is 59.6 Å². The summed E-state index contributed by atoms with van der Waals surface area (Å²) >= 11 is 0. The van der Waals surface area contributed by atoms with Gasteiger partial charge in [-0.1, -0.05) is 56.9 Å². The Morgan fingerprint density at radius 2 is 1.74 bits per heavy atom. The third-order valence-electron chi connectivity index (χ3n) is 7.24. The van der Waals surface area contributed by atoms with E-state index in [2.05, 4.69) is 26.6 Å². The molecule has 0 atom stereocenters. The predicted octanol–water partition coefficient (Wildman–Crippen LogP) is 5.87. The molecule has 0 bridgehead atoms. The zero-order valence-electron chi connectivity index (χ0n) is 22.2. The highest BCUT2D eigenvalue weighted by Crippen LogP contribution is 2.34. The number of benzene rings is 2. The molecule has 0 amide bonds. The van der Waals surface area contributed by atoms with Crippen molar-refractivity contribution >= 4 is 27.0 Å². The summed E-state index contributed by atoms with van der Waals surface area (Å²) in [6, 6.07) is 13.1. The molecule has 5 rings (SSSR count). The number of nitrogens with zero attached hydrogens (tertiary/aromatic N) is 4. The van der Waals surface area contributed by atoms with Crippen LogP contribution in [0.5, 0.6) is 0 Å². The lowest BCUT2D eigenvalue weighted by Gasteiger charge is -2.22. The van der Waals surface area contributed by atoms with Gasteiger partial charge < -0.3 is 5.32 Å². The smallest absolute Gasteiger partial charge is 0.240 e. The summed E-state index contributed by atoms with van der Waals surface area (Å²) in [6.07, 6.45) is 10.2. The number of unbranched alkanes of at least 4 members (excludes halogenated alkanes) is 1. The van der Waals surface area contributed by atoms with E-state index in [-0.39, 0.29) is 17.3 Å². The molecular weight excluding hydrogens is 515 g/mol. The monoisotopic (exact) mass is 550 g/mol. The molecule has 0 aliphatic heterocycles. The highest BCUT2D eigenvalue weighted by atomic mass is 32.2. The van der Waals surface area contributed by atoms with Gasteiger partial charge in [-0.3, -0.25) is 0 Å². The first kappa shape index (κ1) is 27.2. The van der Waals surface area contributed by atoms with E-state index in [1.807, 2.05) is 6.20 Å². The quantitative estimate of drug-likeness (QED) is 0.227. The Morgan fingerprint density at radius 1 is 1.00 bits per heavy atom. The summed E-state index contributed by atoms with van der Waals surface area (Å²) in [7, 11) is -3.69. The summed E-state index contributed by atoms with van der Waals surface area (Å²) in [5.41, 5.74) is 3.24. The second-order valence-corrected chi connectivity index (χ2v) is 11.9. The molecule has 10 heteroatoms. The van der Waals surface area contributed by atoms with Crippen molar-refractivity contribution in [3.63, 3.8) is 0 Å². The third kappa shape index (κ3) is 6.45. The van der Waals surface area contributed by atoms with Crippen LogP contribution < -0.4 is 10.0 Å². The number of sulfonamides is 1. The van der Waals surface area contributed by atoms with Gasteiger partial charge in [0.25, 0.3) is 0 Å². The molecule has 2 N–H and O–H groups in total. The van der Waals surface area contributed by atoms with Crippen LogP contribution in [0.2, 0.25) is 0 Å². The predicted molar refractivity (Wildman–Crippen MR) is 152 cm³/mol. The van der Waals surface area contributed by atoms with Gasteiger partial charge in [-0.2, -0.15) is 10.1 Å². The van der Waals surface area contributed by atoms with Gasteiger partial charge >= 0.3 is 0 Å². The molecule has 2 heterocycles. The van der Waals surface area contributed by atoms with Crippen molar-refractivity contribution in [1.82, 2.24) is 24.5 Å². The van der Waals surface area contributed by atoms with E-state index in [1.54, 1.807) is 36.4 Å². The van der Waals surface area contributed by atoms with Gasteiger partial charge in [-0.25, -0.2) is 27.2 Å². The maximum absolute atomic E-state index is 13.1. The Bertz CT molecular complexity index is 1500. The molecule has 0 unspecified atom stereocenters. The molecule has 0 radical (unpaired) electrons. The van der Waals surface area contributed by atoms with Gasteiger partial charge in [0, 0.05) is 24.8 Å². The molecule has 8 nitrogen and oxygen atoms in total. The van der Waals surface area contributed by atoms with Crippen LogP contribution in [0, 0.1) is 5.82 Å². The van der Waals surface area contributed by atoms with E-state index in [0.29, 0.717) is 18.4 Å². The van der Waals surface area contributed by atoms with Gasteiger partial charge in [0.15, 0.2) is 5.65 Å². The normalized spacial score (nSPS) is 14.6. The average molecular weight is 551 g/mol. The molecule has 1 aliphatic carbocycles. The molecule has 4 aromatic rings. The fourth-order valence-corrected chi connectivity index (χ4v) is 6.07. The lowest BCUT2D eigenvalue weighted by molar-refractivity contribution is 0.336. The molecule has 2 aromatic carbocycles. The molecule has 2 aromatic heterocycles. The fraction of sp³-hybridized carbons (Fsp3) is 0.414. The maximum Gasteiger partial charge on any atom is 0.240 e. The van der Waals surface area contributed by atoms with Crippen molar-refractivity contribution in [2.24, 2.45) is 0 Å². The van der Waals surface area contributed by atoms with Crippen molar-refractivity contribution in [2.45, 2.75) is 69.2 Å². The standard InChI is InChI=1S/C29H35FN6O2S/c1-2-3-18-31-29-32-20-26-27(35-36(28(26)34-29)24-7-5-4-6-8-24)22-11-15-25(16-12-22)39(37,38)33-19-17-21-9-13-23(30)14-10-21/h9-16,20,24,33H,2-8,17-19H2,1H3,(H,31,32,34). The number of hydrogen-bond donors (Lipinski definition) is 2. The van der Waals surface area contributed by atoms with E-state index >= 15 is 0 Å². The number of hydrogen-bond acceptors (Lipinski definition) is 6. The summed E-state index contributed by atoms with van der Waals surface area (Å²) in [4.78, 5) is 9.56. The minimum atomic E-state index is -3.69. The first-order valence-electron chi connectivity index (χ1n) is 13.8. The molecule has 0 saturated heterocycles. The van der Waals surface area contributed by atoms with E-state index in [0.717, 1.165) is 60.1 Å². The minimum absolute atomic E-state index is 0.181. The first-order valence-corrected chi connectivity index (χ1v) is 15.3. The van der Waals surface area contributed by atoms with Crippen molar-refractivity contribution in [3.05, 3.63) is 66.1 Å². The summed E-state index contributed by atoms with van der Waals surface area (Å²) in [5.74, 6) is 0.291. The molecule has 1 saturated carbocycles. The minimum Gasteiger partial charge on any atom is -0.354 e. The van der Waals surface area contributed by atoms with Crippen LogP contribution in [0.3, 0.4) is 0 Å². The SMILES string of the molecule is CCCCNc1ncc2c(-c3ccc(S(=O)(=O)NCCc4ccc(F)cc4)cc3)nn(C3CCCCC3)c2n1. The Kier molecular flexibility index (Phi) is 8.52. The van der Waals surface area contributed by atoms with E-state index < -0.39 is 10.0 Å². The molecule has 1 fully saturated rings. The van der Waals surface area contributed by atoms with E-state index in [4.69, 9.17) is 10.1 Å². The lowest BCUT2D eigenvalue weighted by Crippen LogP contribution is -2.26. The number of nitrogens with one attached hydrogen (secondary N) is 2. The number of rotatable bonds is 11. The fourth-order valence-electron chi connectivity index (χ4n) is 5.04. The zero-order chi connectivity index (χ0) is 27.2. The Balaban J connectivity index is 1.37. The van der Waals surface area contributed by atoms with E-state index in [9.17, 15) is 12.8 Å². The van der Waals surface area contributed by atoms with Crippen LogP contribution in [-0.2, 0) is 16.4 Å². The zero-order valence-corrected chi connectivity index (χ0v) is 23.1. The number of aromatic nitrogens is 4. The van der Waals surface area contributed by atoms with Crippen LogP contribution in [0.25, 0.3) is 22.3 Å². The van der Waals surface area contributed by atoms with Crippen LogP contribution in [-0.4, -0.2) is 41.3 Å². The second kappa shape index (κ2) is 12.2. The number of anilines is 1. The molecule has 39 heavy (non-hydrogen) atoms. The topological polar surface area (TPSA) is 102 Å². The maximum atomic E-state index is 13.1. The average Bonchev–Trinajstić information content (AvgIpc) is 3.34. The Hall–Kier alpha value is -3.37. The summed E-state index contributed by atoms with van der Waals surface area (Å²) in [6.45, 7) is 3.19. The number of halogens is 1. The van der Waals surface area contributed by atoms with Crippen molar-refractivity contribution in [3.8, 4) is 11.3 Å². The molecule has 206 valence electrons. The highest BCUT2D eigenvalue weighted by Gasteiger charge is 2.23.